The van der Waals surface area contributed by atoms with Crippen LogP contribution in [0.5, 0.6) is 11.5 Å². The normalized spacial score (nSPS) is 16.9. The van der Waals surface area contributed by atoms with Crippen LogP contribution in [0.1, 0.15) is 6.92 Å². The fourth-order valence-electron chi connectivity index (χ4n) is 1.56. The van der Waals surface area contributed by atoms with Gasteiger partial charge in [0.2, 0.25) is 0 Å². The molecule has 0 spiro atoms. The average Bonchev–Trinajstić information content (AvgIpc) is 2.37. The van der Waals surface area contributed by atoms with Crippen molar-refractivity contribution < 1.29 is 23.6 Å². The molecule has 2 rings (SSSR count). The fourth-order valence-corrected chi connectivity index (χ4v) is 2.81. The summed E-state index contributed by atoms with van der Waals surface area (Å²) in [5, 5.41) is 8.79. The van der Waals surface area contributed by atoms with Crippen molar-refractivity contribution in [1.82, 2.24) is 0 Å². The van der Waals surface area contributed by atoms with E-state index in [-0.39, 0.29) is 5.75 Å². The van der Waals surface area contributed by atoms with Gasteiger partial charge in [-0.15, -0.1) is 0 Å². The Balaban J connectivity index is 2.13. The molecular formula is C12H14O5S. The van der Waals surface area contributed by atoms with Gasteiger partial charge >= 0.3 is 5.97 Å². The van der Waals surface area contributed by atoms with Crippen LogP contribution in [0.25, 0.3) is 0 Å². The highest BCUT2D eigenvalue weighted by molar-refractivity contribution is 7.85. The van der Waals surface area contributed by atoms with Crippen LogP contribution in [-0.4, -0.2) is 34.3 Å². The number of fused-ring (bicyclic) bond motifs is 1. The molecule has 0 saturated carbocycles. The van der Waals surface area contributed by atoms with E-state index in [1.807, 2.05) is 0 Å². The van der Waals surface area contributed by atoms with Crippen LogP contribution in [0.15, 0.2) is 23.1 Å². The second-order valence-corrected chi connectivity index (χ2v) is 5.55. The summed E-state index contributed by atoms with van der Waals surface area (Å²) in [4.78, 5) is 11.3. The molecule has 1 aromatic rings. The van der Waals surface area contributed by atoms with Crippen LogP contribution >= 0.6 is 0 Å². The molecule has 0 saturated heterocycles. The van der Waals surface area contributed by atoms with E-state index in [2.05, 4.69) is 0 Å². The van der Waals surface area contributed by atoms with Crippen molar-refractivity contribution in [3.05, 3.63) is 18.2 Å². The maximum Gasteiger partial charge on any atom is 0.307 e. The zero-order chi connectivity index (χ0) is 13.1. The van der Waals surface area contributed by atoms with E-state index in [1.165, 1.54) is 6.92 Å². The number of rotatable bonds is 4. The van der Waals surface area contributed by atoms with Crippen LogP contribution in [0, 0.1) is 5.92 Å². The third-order valence-electron chi connectivity index (χ3n) is 2.60. The summed E-state index contributed by atoms with van der Waals surface area (Å²) in [7, 11) is -1.35. The minimum absolute atomic E-state index is 0.0922. The molecule has 1 N–H and O–H groups in total. The number of carboxylic acids is 1. The molecule has 1 aliphatic rings. The molecule has 0 fully saturated rings. The highest BCUT2D eigenvalue weighted by Gasteiger charge is 2.18. The molecule has 2 atom stereocenters. The number of benzene rings is 1. The first kappa shape index (κ1) is 12.9. The van der Waals surface area contributed by atoms with Crippen molar-refractivity contribution in [1.29, 1.82) is 0 Å². The Labute approximate surface area is 107 Å². The quantitative estimate of drug-likeness (QED) is 0.892. The van der Waals surface area contributed by atoms with Crippen molar-refractivity contribution >= 4 is 16.8 Å². The predicted octanol–water partition coefficient (Wildman–Crippen LogP) is 1.29. The standard InChI is InChI=1S/C12H14O5S/c1-8(12(13)14)7-18(15)9-2-3-10-11(6-9)17-5-4-16-10/h2-3,6,8H,4-5,7H2,1H3,(H,13,14). The second kappa shape index (κ2) is 5.39. The Morgan fingerprint density at radius 1 is 1.39 bits per heavy atom. The van der Waals surface area contributed by atoms with Gasteiger partial charge in [0.05, 0.1) is 16.7 Å². The van der Waals surface area contributed by atoms with Crippen LogP contribution in [0.3, 0.4) is 0 Å². The average molecular weight is 270 g/mol. The Bertz CT molecular complexity index is 485. The molecule has 1 aliphatic heterocycles. The minimum atomic E-state index is -1.35. The molecule has 2 unspecified atom stereocenters. The van der Waals surface area contributed by atoms with E-state index >= 15 is 0 Å². The molecule has 98 valence electrons. The zero-order valence-electron chi connectivity index (χ0n) is 9.92. The third kappa shape index (κ3) is 2.81. The van der Waals surface area contributed by atoms with Crippen molar-refractivity contribution in [2.24, 2.45) is 5.92 Å². The molecule has 18 heavy (non-hydrogen) atoms. The van der Waals surface area contributed by atoms with Crippen molar-refractivity contribution in [2.45, 2.75) is 11.8 Å². The first-order chi connectivity index (χ1) is 8.58. The maximum absolute atomic E-state index is 12.0. The summed E-state index contributed by atoms with van der Waals surface area (Å²) >= 11 is 0. The van der Waals surface area contributed by atoms with Crippen LogP contribution < -0.4 is 9.47 Å². The van der Waals surface area contributed by atoms with Gasteiger partial charge in [0.15, 0.2) is 11.5 Å². The van der Waals surface area contributed by atoms with E-state index in [1.54, 1.807) is 18.2 Å². The topological polar surface area (TPSA) is 72.8 Å². The number of hydrogen-bond acceptors (Lipinski definition) is 4. The molecule has 1 heterocycles. The summed E-state index contributed by atoms with van der Waals surface area (Å²) in [5.74, 6) is -0.294. The lowest BCUT2D eigenvalue weighted by atomic mass is 10.2. The summed E-state index contributed by atoms with van der Waals surface area (Å²) in [6.07, 6.45) is 0. The van der Waals surface area contributed by atoms with Crippen LogP contribution in [0.4, 0.5) is 0 Å². The van der Waals surface area contributed by atoms with Crippen LogP contribution in [0.2, 0.25) is 0 Å². The van der Waals surface area contributed by atoms with Gasteiger partial charge in [0.25, 0.3) is 0 Å². The van der Waals surface area contributed by atoms with Crippen molar-refractivity contribution in [3.63, 3.8) is 0 Å². The molecule has 0 radical (unpaired) electrons. The molecule has 0 bridgehead atoms. The number of hydrogen-bond donors (Lipinski definition) is 1. The number of aliphatic carboxylic acids is 1. The van der Waals surface area contributed by atoms with Gasteiger partial charge < -0.3 is 14.6 Å². The summed E-state index contributed by atoms with van der Waals surface area (Å²) in [6.45, 7) is 2.51. The highest BCUT2D eigenvalue weighted by Crippen LogP contribution is 2.31. The largest absolute Gasteiger partial charge is 0.486 e. The SMILES string of the molecule is CC(CS(=O)c1ccc2c(c1)OCCO2)C(=O)O. The van der Waals surface area contributed by atoms with Crippen LogP contribution in [-0.2, 0) is 15.6 Å². The van der Waals surface area contributed by atoms with Crippen molar-refractivity contribution in [2.75, 3.05) is 19.0 Å². The minimum Gasteiger partial charge on any atom is -0.486 e. The second-order valence-electron chi connectivity index (χ2n) is 4.06. The number of carboxylic acid groups (broad SMARTS) is 1. The third-order valence-corrected chi connectivity index (χ3v) is 4.18. The van der Waals surface area contributed by atoms with Crippen molar-refractivity contribution in [3.8, 4) is 11.5 Å². The van der Waals surface area contributed by atoms with E-state index < -0.39 is 22.7 Å². The molecule has 0 amide bonds. The number of carbonyl (C=O) groups is 1. The van der Waals surface area contributed by atoms with Gasteiger partial charge in [0, 0.05) is 16.7 Å². The van der Waals surface area contributed by atoms with E-state index in [4.69, 9.17) is 14.6 Å². The van der Waals surface area contributed by atoms with Gasteiger partial charge in [-0.05, 0) is 12.1 Å². The lowest BCUT2D eigenvalue weighted by molar-refractivity contribution is -0.140. The smallest absolute Gasteiger partial charge is 0.307 e. The molecular weight excluding hydrogens is 256 g/mol. The Hall–Kier alpha value is -1.56. The molecule has 0 aromatic heterocycles. The highest BCUT2D eigenvalue weighted by atomic mass is 32.2. The first-order valence-corrected chi connectivity index (χ1v) is 6.90. The fraction of sp³-hybridized carbons (Fsp3) is 0.417. The molecule has 5 nitrogen and oxygen atoms in total. The lowest BCUT2D eigenvalue weighted by Crippen LogP contribution is -2.18. The molecule has 6 heteroatoms. The van der Waals surface area contributed by atoms with Gasteiger partial charge in [0.1, 0.15) is 13.2 Å². The van der Waals surface area contributed by atoms with E-state index in [9.17, 15) is 9.00 Å². The van der Waals surface area contributed by atoms with Gasteiger partial charge in [-0.25, -0.2) is 0 Å². The lowest BCUT2D eigenvalue weighted by Gasteiger charge is -2.18. The van der Waals surface area contributed by atoms with Gasteiger partial charge in [-0.1, -0.05) is 6.92 Å². The van der Waals surface area contributed by atoms with E-state index in [0.29, 0.717) is 29.6 Å². The van der Waals surface area contributed by atoms with Gasteiger partial charge in [-0.2, -0.15) is 0 Å². The summed E-state index contributed by atoms with van der Waals surface area (Å²) in [6, 6.07) is 5.03. The Kier molecular flexibility index (Phi) is 3.86. The molecule has 1 aromatic carbocycles. The zero-order valence-corrected chi connectivity index (χ0v) is 10.7. The monoisotopic (exact) mass is 270 g/mol. The maximum atomic E-state index is 12.0. The summed E-state index contributed by atoms with van der Waals surface area (Å²) < 4.78 is 22.7. The van der Waals surface area contributed by atoms with E-state index in [0.717, 1.165) is 0 Å². The Morgan fingerprint density at radius 3 is 2.72 bits per heavy atom. The summed E-state index contributed by atoms with van der Waals surface area (Å²) in [5.41, 5.74) is 0. The van der Waals surface area contributed by atoms with Gasteiger partial charge in [-0.3, -0.25) is 9.00 Å². The number of ether oxygens (including phenoxy) is 2. The predicted molar refractivity (Wildman–Crippen MR) is 65.5 cm³/mol. The Morgan fingerprint density at radius 2 is 2.06 bits per heavy atom. The first-order valence-electron chi connectivity index (χ1n) is 5.59. The molecule has 0 aliphatic carbocycles.